The molecule has 106 valence electrons. The number of hydrogen-bond acceptors (Lipinski definition) is 5. The molecular weight excluding hydrogens is 294 g/mol. The fraction of sp³-hybridized carbons (Fsp3) is 0. The Morgan fingerprint density at radius 2 is 1.43 bits per heavy atom. The number of nitrogens with two attached hydrogens (primary N) is 1. The number of ketones is 2. The third kappa shape index (κ3) is 1.86. The van der Waals surface area contributed by atoms with E-state index in [1.54, 1.807) is 0 Å². The van der Waals surface area contributed by atoms with Crippen LogP contribution in [0.15, 0.2) is 41.3 Å². The first-order valence-corrected chi connectivity index (χ1v) is 7.35. The van der Waals surface area contributed by atoms with Crippen LogP contribution < -0.4 is 5.73 Å². The first-order chi connectivity index (χ1) is 9.82. The molecule has 0 bridgehead atoms. The van der Waals surface area contributed by atoms with Crippen molar-refractivity contribution in [3.8, 4) is 0 Å². The Bertz CT molecular complexity index is 915. The molecule has 0 amide bonds. The lowest BCUT2D eigenvalue weighted by molar-refractivity contribution is 0.0977. The van der Waals surface area contributed by atoms with Gasteiger partial charge in [-0.25, -0.2) is 0 Å². The Labute approximate surface area is 120 Å². The average Bonchev–Trinajstić information content (AvgIpc) is 2.43. The standard InChI is InChI=1S/C14H9NO5S/c15-9-5-1-3-7-11(9)14(17)12-8(13(7)16)4-2-6-10(12)21(18,19)20/h1-6H,15H2,(H,18,19,20). The molecule has 0 fully saturated rings. The molecule has 2 aromatic rings. The third-order valence-corrected chi connectivity index (χ3v) is 4.24. The summed E-state index contributed by atoms with van der Waals surface area (Å²) in [6.45, 7) is 0. The van der Waals surface area contributed by atoms with E-state index in [2.05, 4.69) is 0 Å². The number of anilines is 1. The zero-order valence-electron chi connectivity index (χ0n) is 10.5. The number of benzene rings is 2. The maximum Gasteiger partial charge on any atom is 0.295 e. The highest BCUT2D eigenvalue weighted by molar-refractivity contribution is 7.86. The lowest BCUT2D eigenvalue weighted by atomic mass is 9.83. The minimum atomic E-state index is -4.63. The van der Waals surface area contributed by atoms with Gasteiger partial charge in [0.15, 0.2) is 11.6 Å². The summed E-state index contributed by atoms with van der Waals surface area (Å²) in [6, 6.07) is 8.15. The van der Waals surface area contributed by atoms with Crippen molar-refractivity contribution >= 4 is 27.4 Å². The predicted octanol–water partition coefficient (Wildman–Crippen LogP) is 1.29. The zero-order valence-corrected chi connectivity index (χ0v) is 11.3. The van der Waals surface area contributed by atoms with Gasteiger partial charge in [0.05, 0.1) is 11.1 Å². The van der Waals surface area contributed by atoms with Crippen LogP contribution in [0, 0.1) is 0 Å². The number of nitrogen functional groups attached to an aromatic ring is 1. The molecule has 0 aliphatic heterocycles. The Morgan fingerprint density at radius 3 is 2.05 bits per heavy atom. The molecule has 0 heterocycles. The highest BCUT2D eigenvalue weighted by atomic mass is 32.2. The lowest BCUT2D eigenvalue weighted by Crippen LogP contribution is -2.24. The van der Waals surface area contributed by atoms with Gasteiger partial charge in [0.2, 0.25) is 0 Å². The molecule has 1 aliphatic rings. The number of rotatable bonds is 1. The van der Waals surface area contributed by atoms with E-state index < -0.39 is 26.6 Å². The molecule has 2 aromatic carbocycles. The molecule has 0 radical (unpaired) electrons. The van der Waals surface area contributed by atoms with Gasteiger partial charge in [-0.05, 0) is 12.1 Å². The van der Waals surface area contributed by atoms with E-state index in [1.165, 1.54) is 30.3 Å². The summed E-state index contributed by atoms with van der Waals surface area (Å²) in [6.07, 6.45) is 0. The smallest absolute Gasteiger partial charge is 0.295 e. The average molecular weight is 303 g/mol. The number of carbonyl (C=O) groups excluding carboxylic acids is 2. The quantitative estimate of drug-likeness (QED) is 0.517. The summed E-state index contributed by atoms with van der Waals surface area (Å²) in [5.41, 5.74) is 5.50. The second-order valence-electron chi connectivity index (χ2n) is 4.58. The van der Waals surface area contributed by atoms with Crippen molar-refractivity contribution < 1.29 is 22.6 Å². The van der Waals surface area contributed by atoms with Crippen LogP contribution in [0.1, 0.15) is 31.8 Å². The zero-order chi connectivity index (χ0) is 15.4. The minimum Gasteiger partial charge on any atom is -0.398 e. The molecule has 7 heteroatoms. The van der Waals surface area contributed by atoms with Crippen molar-refractivity contribution in [2.24, 2.45) is 0 Å². The fourth-order valence-corrected chi connectivity index (χ4v) is 3.16. The van der Waals surface area contributed by atoms with Gasteiger partial charge in [-0.2, -0.15) is 8.42 Å². The van der Waals surface area contributed by atoms with Crippen LogP contribution >= 0.6 is 0 Å². The molecule has 0 saturated heterocycles. The van der Waals surface area contributed by atoms with E-state index in [1.807, 2.05) is 0 Å². The van der Waals surface area contributed by atoms with E-state index in [-0.39, 0.29) is 27.9 Å². The summed E-state index contributed by atoms with van der Waals surface area (Å²) < 4.78 is 32.1. The number of fused-ring (bicyclic) bond motifs is 2. The van der Waals surface area contributed by atoms with Gasteiger partial charge < -0.3 is 5.73 Å². The summed E-state index contributed by atoms with van der Waals surface area (Å²) in [7, 11) is -4.63. The van der Waals surface area contributed by atoms with E-state index in [9.17, 15) is 22.6 Å². The Kier molecular flexibility index (Phi) is 2.72. The van der Waals surface area contributed by atoms with Crippen molar-refractivity contribution in [2.45, 2.75) is 4.90 Å². The molecule has 6 nitrogen and oxygen atoms in total. The second-order valence-corrected chi connectivity index (χ2v) is 5.97. The maximum atomic E-state index is 12.5. The Morgan fingerprint density at radius 1 is 0.857 bits per heavy atom. The third-order valence-electron chi connectivity index (χ3n) is 3.34. The van der Waals surface area contributed by atoms with E-state index >= 15 is 0 Å². The van der Waals surface area contributed by atoms with Crippen LogP contribution in [-0.4, -0.2) is 24.5 Å². The molecular formula is C14H9NO5S. The van der Waals surface area contributed by atoms with E-state index in [4.69, 9.17) is 5.73 Å². The van der Waals surface area contributed by atoms with E-state index in [0.717, 1.165) is 6.07 Å². The van der Waals surface area contributed by atoms with Gasteiger partial charge in [-0.15, -0.1) is 0 Å². The highest BCUT2D eigenvalue weighted by Crippen LogP contribution is 2.33. The second kappa shape index (κ2) is 4.24. The molecule has 0 aromatic heterocycles. The largest absolute Gasteiger partial charge is 0.398 e. The minimum absolute atomic E-state index is 0.0360. The van der Waals surface area contributed by atoms with Gasteiger partial charge in [-0.1, -0.05) is 24.3 Å². The first-order valence-electron chi connectivity index (χ1n) is 5.90. The van der Waals surface area contributed by atoms with Crippen molar-refractivity contribution in [3.05, 3.63) is 58.7 Å². The van der Waals surface area contributed by atoms with Crippen LogP contribution in [0.4, 0.5) is 5.69 Å². The van der Waals surface area contributed by atoms with Crippen molar-refractivity contribution in [2.75, 3.05) is 5.73 Å². The topological polar surface area (TPSA) is 115 Å². The van der Waals surface area contributed by atoms with E-state index in [0.29, 0.717) is 0 Å². The van der Waals surface area contributed by atoms with Crippen LogP contribution in [0.5, 0.6) is 0 Å². The normalized spacial score (nSPS) is 13.8. The molecule has 0 spiro atoms. The van der Waals surface area contributed by atoms with Gasteiger partial charge in [0.1, 0.15) is 4.90 Å². The molecule has 21 heavy (non-hydrogen) atoms. The SMILES string of the molecule is Nc1cccc2c1C(=O)c1c(cccc1S(=O)(=O)O)C2=O. The van der Waals surface area contributed by atoms with Gasteiger partial charge >= 0.3 is 0 Å². The summed E-state index contributed by atoms with van der Waals surface area (Å²) >= 11 is 0. The van der Waals surface area contributed by atoms with Gasteiger partial charge in [0, 0.05) is 16.8 Å². The summed E-state index contributed by atoms with van der Waals surface area (Å²) in [5.74, 6) is -1.19. The summed E-state index contributed by atoms with van der Waals surface area (Å²) in [5, 5.41) is 0. The predicted molar refractivity (Wildman–Crippen MR) is 74.0 cm³/mol. The van der Waals surface area contributed by atoms with Crippen molar-refractivity contribution in [3.63, 3.8) is 0 Å². The maximum absolute atomic E-state index is 12.5. The van der Waals surface area contributed by atoms with Gasteiger partial charge in [-0.3, -0.25) is 14.1 Å². The molecule has 3 N–H and O–H groups in total. The first kappa shape index (κ1) is 13.5. The highest BCUT2D eigenvalue weighted by Gasteiger charge is 2.35. The fourth-order valence-electron chi connectivity index (χ4n) is 2.45. The van der Waals surface area contributed by atoms with Crippen LogP contribution in [0.2, 0.25) is 0 Å². The van der Waals surface area contributed by atoms with Crippen molar-refractivity contribution in [1.29, 1.82) is 0 Å². The van der Waals surface area contributed by atoms with Crippen LogP contribution in [-0.2, 0) is 10.1 Å². The van der Waals surface area contributed by atoms with Crippen molar-refractivity contribution in [1.82, 2.24) is 0 Å². The van der Waals surface area contributed by atoms with Crippen LogP contribution in [0.3, 0.4) is 0 Å². The van der Waals surface area contributed by atoms with Crippen LogP contribution in [0.25, 0.3) is 0 Å². The molecule has 0 unspecified atom stereocenters. The lowest BCUT2D eigenvalue weighted by Gasteiger charge is -2.20. The molecule has 0 saturated carbocycles. The number of carbonyl (C=O) groups is 2. The molecule has 3 rings (SSSR count). The Balaban J connectivity index is 2.43. The Hall–Kier alpha value is -2.51. The summed E-state index contributed by atoms with van der Waals surface area (Å²) in [4.78, 5) is 24.3. The molecule has 0 atom stereocenters. The molecule has 1 aliphatic carbocycles. The monoisotopic (exact) mass is 303 g/mol. The van der Waals surface area contributed by atoms with Gasteiger partial charge in [0.25, 0.3) is 10.1 Å². The number of hydrogen-bond donors (Lipinski definition) is 2.